The van der Waals surface area contributed by atoms with E-state index < -0.39 is 15.8 Å². The zero-order chi connectivity index (χ0) is 10.9. The van der Waals surface area contributed by atoms with E-state index in [4.69, 9.17) is 5.11 Å². The van der Waals surface area contributed by atoms with Gasteiger partial charge in [-0.25, -0.2) is 18.2 Å². The molecule has 1 N–H and O–H groups in total. The smallest absolute Gasteiger partial charge is 0.337 e. The van der Waals surface area contributed by atoms with Gasteiger partial charge in [0.15, 0.2) is 14.9 Å². The lowest BCUT2D eigenvalue weighted by Crippen LogP contribution is -2.06. The molecule has 5 nitrogen and oxygen atoms in total. The van der Waals surface area contributed by atoms with E-state index in [1.54, 1.807) is 0 Å². The van der Waals surface area contributed by atoms with Crippen LogP contribution in [0.15, 0.2) is 17.2 Å². The number of aryl methyl sites for hydroxylation is 1. The number of carboxylic acid groups (broad SMARTS) is 1. The van der Waals surface area contributed by atoms with Gasteiger partial charge in [-0.3, -0.25) is 0 Å². The minimum Gasteiger partial charge on any atom is -0.478 e. The summed E-state index contributed by atoms with van der Waals surface area (Å²) in [5, 5.41) is 8.56. The molecule has 0 amide bonds. The van der Waals surface area contributed by atoms with Gasteiger partial charge in [-0.05, 0) is 19.1 Å². The molecule has 1 aromatic heterocycles. The highest BCUT2D eigenvalue weighted by Gasteiger charge is 2.13. The maximum Gasteiger partial charge on any atom is 0.337 e. The fourth-order valence-corrected chi connectivity index (χ4v) is 1.59. The van der Waals surface area contributed by atoms with E-state index in [0.717, 1.165) is 6.26 Å². The molecule has 0 spiro atoms. The maximum atomic E-state index is 11.1. The number of pyridine rings is 1. The van der Waals surface area contributed by atoms with Crippen molar-refractivity contribution in [1.82, 2.24) is 4.98 Å². The summed E-state index contributed by atoms with van der Waals surface area (Å²) in [6, 6.07) is 2.42. The van der Waals surface area contributed by atoms with E-state index in [-0.39, 0.29) is 16.3 Å². The number of aromatic nitrogens is 1. The largest absolute Gasteiger partial charge is 0.478 e. The van der Waals surface area contributed by atoms with Gasteiger partial charge in [0.25, 0.3) is 0 Å². The molecule has 0 aliphatic carbocycles. The topological polar surface area (TPSA) is 84.3 Å². The molecular formula is C8H9NO4S. The van der Waals surface area contributed by atoms with Crippen LogP contribution in [0.3, 0.4) is 0 Å². The lowest BCUT2D eigenvalue weighted by Gasteiger charge is -2.02. The van der Waals surface area contributed by atoms with Crippen LogP contribution in [0.2, 0.25) is 0 Å². The second-order valence-corrected chi connectivity index (χ2v) is 4.82. The predicted molar refractivity (Wildman–Crippen MR) is 49.0 cm³/mol. The van der Waals surface area contributed by atoms with E-state index in [9.17, 15) is 13.2 Å². The van der Waals surface area contributed by atoms with Gasteiger partial charge in [-0.1, -0.05) is 0 Å². The van der Waals surface area contributed by atoms with Crippen LogP contribution in [0.25, 0.3) is 0 Å². The van der Waals surface area contributed by atoms with Gasteiger partial charge >= 0.3 is 5.97 Å². The van der Waals surface area contributed by atoms with Gasteiger partial charge < -0.3 is 5.11 Å². The highest BCUT2D eigenvalue weighted by Crippen LogP contribution is 2.10. The van der Waals surface area contributed by atoms with Crippen molar-refractivity contribution in [3.05, 3.63) is 23.4 Å². The number of carboxylic acids is 1. The zero-order valence-electron chi connectivity index (χ0n) is 7.68. The Morgan fingerprint density at radius 3 is 2.36 bits per heavy atom. The van der Waals surface area contributed by atoms with Gasteiger partial charge in [0.1, 0.15) is 0 Å². The summed E-state index contributed by atoms with van der Waals surface area (Å²) < 4.78 is 22.1. The average Bonchev–Trinajstić information content (AvgIpc) is 2.01. The number of hydrogen-bond acceptors (Lipinski definition) is 4. The van der Waals surface area contributed by atoms with Crippen molar-refractivity contribution in [3.63, 3.8) is 0 Å². The van der Waals surface area contributed by atoms with E-state index >= 15 is 0 Å². The molecule has 0 radical (unpaired) electrons. The number of carbonyl (C=O) groups is 1. The van der Waals surface area contributed by atoms with Gasteiger partial charge in [0.05, 0.1) is 11.3 Å². The minimum absolute atomic E-state index is 0.0115. The molecule has 0 aromatic carbocycles. The minimum atomic E-state index is -3.37. The predicted octanol–water partition coefficient (Wildman–Crippen LogP) is 0.492. The highest BCUT2D eigenvalue weighted by atomic mass is 32.2. The first-order chi connectivity index (χ1) is 6.32. The van der Waals surface area contributed by atoms with E-state index in [1.807, 2.05) is 0 Å². The Bertz CT molecular complexity index is 478. The Balaban J connectivity index is 3.34. The standard InChI is InChI=1S/C8H9NO4S/c1-5-6(8(10)11)3-4-7(9-5)14(2,12)13/h3-4H,1-2H3,(H,10,11). The van der Waals surface area contributed by atoms with Crippen molar-refractivity contribution in [2.75, 3.05) is 6.26 Å². The maximum absolute atomic E-state index is 11.1. The van der Waals surface area contributed by atoms with Gasteiger partial charge in [0, 0.05) is 6.26 Å². The molecule has 0 saturated carbocycles. The van der Waals surface area contributed by atoms with Gasteiger partial charge in [-0.2, -0.15) is 0 Å². The third-order valence-electron chi connectivity index (χ3n) is 1.67. The van der Waals surface area contributed by atoms with Crippen LogP contribution in [0.4, 0.5) is 0 Å². The van der Waals surface area contributed by atoms with Crippen molar-refractivity contribution in [1.29, 1.82) is 0 Å². The Morgan fingerprint density at radius 2 is 2.00 bits per heavy atom. The van der Waals surface area contributed by atoms with Crippen molar-refractivity contribution in [2.45, 2.75) is 11.9 Å². The van der Waals surface area contributed by atoms with Crippen LogP contribution < -0.4 is 0 Å². The Hall–Kier alpha value is -1.43. The van der Waals surface area contributed by atoms with E-state index in [0.29, 0.717) is 0 Å². The third kappa shape index (κ3) is 2.08. The molecule has 0 aliphatic heterocycles. The monoisotopic (exact) mass is 215 g/mol. The first kappa shape index (κ1) is 10.6. The van der Waals surface area contributed by atoms with Crippen LogP contribution in [0.1, 0.15) is 16.1 Å². The summed E-state index contributed by atoms with van der Waals surface area (Å²) in [5.41, 5.74) is 0.206. The molecule has 1 heterocycles. The van der Waals surface area contributed by atoms with Crippen LogP contribution in [0, 0.1) is 6.92 Å². The molecule has 1 aromatic rings. The van der Waals surface area contributed by atoms with E-state index in [2.05, 4.69) is 4.98 Å². The van der Waals surface area contributed by atoms with Crippen molar-refractivity contribution >= 4 is 15.8 Å². The number of hydrogen-bond donors (Lipinski definition) is 1. The van der Waals surface area contributed by atoms with Crippen LogP contribution >= 0.6 is 0 Å². The molecule has 0 fully saturated rings. The summed E-state index contributed by atoms with van der Waals surface area (Å²) >= 11 is 0. The summed E-state index contributed by atoms with van der Waals surface area (Å²) in [4.78, 5) is 14.3. The van der Waals surface area contributed by atoms with Crippen molar-refractivity contribution in [3.8, 4) is 0 Å². The quantitative estimate of drug-likeness (QED) is 0.776. The lowest BCUT2D eigenvalue weighted by atomic mass is 10.2. The average molecular weight is 215 g/mol. The molecule has 0 saturated heterocycles. The molecule has 1 rings (SSSR count). The fourth-order valence-electron chi connectivity index (χ4n) is 0.971. The summed E-state index contributed by atoms with van der Waals surface area (Å²) in [7, 11) is -3.37. The second kappa shape index (κ2) is 3.38. The molecule has 0 atom stereocenters. The molecule has 0 unspecified atom stereocenters. The summed E-state index contributed by atoms with van der Waals surface area (Å²) in [6.07, 6.45) is 1.02. The van der Waals surface area contributed by atoms with Crippen molar-refractivity contribution < 1.29 is 18.3 Å². The fraction of sp³-hybridized carbons (Fsp3) is 0.250. The molecule has 0 bridgehead atoms. The SMILES string of the molecule is Cc1nc(S(C)(=O)=O)ccc1C(=O)O. The first-order valence-electron chi connectivity index (χ1n) is 3.73. The van der Waals surface area contributed by atoms with Crippen LogP contribution in [-0.4, -0.2) is 30.7 Å². The molecular weight excluding hydrogens is 206 g/mol. The summed E-state index contributed by atoms with van der Waals surface area (Å²) in [6.45, 7) is 1.46. The number of aromatic carboxylic acids is 1. The van der Waals surface area contributed by atoms with Crippen LogP contribution in [0.5, 0.6) is 0 Å². The number of rotatable bonds is 2. The van der Waals surface area contributed by atoms with Crippen molar-refractivity contribution in [2.24, 2.45) is 0 Å². The molecule has 76 valence electrons. The Kier molecular flexibility index (Phi) is 2.57. The third-order valence-corrected chi connectivity index (χ3v) is 2.66. The normalized spacial score (nSPS) is 11.3. The number of sulfone groups is 1. The molecule has 14 heavy (non-hydrogen) atoms. The van der Waals surface area contributed by atoms with Gasteiger partial charge in [-0.15, -0.1) is 0 Å². The molecule has 6 heteroatoms. The Labute approximate surface area is 81.3 Å². The lowest BCUT2D eigenvalue weighted by molar-refractivity contribution is 0.0695. The Morgan fingerprint density at radius 1 is 1.43 bits per heavy atom. The second-order valence-electron chi connectivity index (χ2n) is 2.86. The highest BCUT2D eigenvalue weighted by molar-refractivity contribution is 7.90. The van der Waals surface area contributed by atoms with Gasteiger partial charge in [0.2, 0.25) is 0 Å². The zero-order valence-corrected chi connectivity index (χ0v) is 8.50. The molecule has 0 aliphatic rings. The van der Waals surface area contributed by atoms with Crippen LogP contribution in [-0.2, 0) is 9.84 Å². The summed E-state index contributed by atoms with van der Waals surface area (Å²) in [5.74, 6) is -1.12. The van der Waals surface area contributed by atoms with E-state index in [1.165, 1.54) is 19.1 Å². The first-order valence-corrected chi connectivity index (χ1v) is 5.62. The number of nitrogens with zero attached hydrogens (tertiary/aromatic N) is 1.